The number of rotatable bonds is 6. The Bertz CT molecular complexity index is 1610. The highest BCUT2D eigenvalue weighted by Crippen LogP contribution is 2.36. The third-order valence-corrected chi connectivity index (χ3v) is 8.41. The fourth-order valence-electron chi connectivity index (χ4n) is 5.92. The maximum absolute atomic E-state index is 15.7. The molecule has 5 rings (SSSR count). The lowest BCUT2D eigenvalue weighted by molar-refractivity contribution is -0.149. The lowest BCUT2D eigenvalue weighted by atomic mass is 9.79. The number of amides is 2. The first kappa shape index (κ1) is 32.9. The fraction of sp³-hybridized carbons (Fsp3) is 0.455. The van der Waals surface area contributed by atoms with Crippen LogP contribution in [-0.2, 0) is 16.1 Å². The van der Waals surface area contributed by atoms with Gasteiger partial charge in [0.25, 0.3) is 5.56 Å². The van der Waals surface area contributed by atoms with Gasteiger partial charge in [0.05, 0.1) is 13.1 Å². The van der Waals surface area contributed by atoms with Crippen molar-refractivity contribution in [1.82, 2.24) is 19.4 Å². The minimum atomic E-state index is -1.97. The van der Waals surface area contributed by atoms with E-state index < -0.39 is 47.3 Å². The number of hydrogen-bond acceptors (Lipinski definition) is 8. The molecule has 13 heteroatoms. The van der Waals surface area contributed by atoms with Crippen molar-refractivity contribution in [1.29, 1.82) is 0 Å². The zero-order valence-electron chi connectivity index (χ0n) is 26.1. The van der Waals surface area contributed by atoms with Crippen molar-refractivity contribution in [2.75, 3.05) is 31.9 Å². The van der Waals surface area contributed by atoms with E-state index >= 15 is 4.39 Å². The first-order valence-electron chi connectivity index (χ1n) is 15.2. The highest BCUT2D eigenvalue weighted by Gasteiger charge is 2.47. The molecule has 2 aliphatic heterocycles. The number of aliphatic hydroxyl groups is 1. The van der Waals surface area contributed by atoms with E-state index in [0.717, 1.165) is 16.5 Å². The molecule has 3 heterocycles. The Morgan fingerprint density at radius 3 is 2.41 bits per heavy atom. The summed E-state index contributed by atoms with van der Waals surface area (Å²) in [5.41, 5.74) is 3.10. The van der Waals surface area contributed by atoms with Gasteiger partial charge >= 0.3 is 6.09 Å². The van der Waals surface area contributed by atoms with Gasteiger partial charge in [0.15, 0.2) is 5.69 Å². The zero-order valence-corrected chi connectivity index (χ0v) is 26.1. The smallest absolute Gasteiger partial charge is 0.410 e. The second-order valence-corrected chi connectivity index (χ2v) is 12.9. The zero-order chi connectivity index (χ0) is 33.2. The number of aromatic nitrogens is 2. The summed E-state index contributed by atoms with van der Waals surface area (Å²) in [5.74, 6) is -1.57. The number of nitrogens with zero attached hydrogens (tertiary/aromatic N) is 4. The van der Waals surface area contributed by atoms with Crippen molar-refractivity contribution in [3.05, 3.63) is 82.7 Å². The summed E-state index contributed by atoms with van der Waals surface area (Å²) in [6, 6.07) is 14.5. The van der Waals surface area contributed by atoms with Gasteiger partial charge in [0.2, 0.25) is 11.8 Å². The summed E-state index contributed by atoms with van der Waals surface area (Å²) >= 11 is 0. The van der Waals surface area contributed by atoms with Crippen LogP contribution in [0.25, 0.3) is 0 Å². The molecule has 1 aromatic heterocycles. The third kappa shape index (κ3) is 7.30. The van der Waals surface area contributed by atoms with Crippen LogP contribution in [0.4, 0.5) is 19.3 Å². The summed E-state index contributed by atoms with van der Waals surface area (Å²) in [4.78, 5) is 46.8. The number of nitrogen functional groups attached to an aromatic ring is 1. The second-order valence-electron chi connectivity index (χ2n) is 12.9. The summed E-state index contributed by atoms with van der Waals surface area (Å²) in [6.07, 6.45) is -0.991. The van der Waals surface area contributed by atoms with E-state index in [-0.39, 0.29) is 55.2 Å². The molecule has 3 N–H and O–H groups in total. The molecule has 11 nitrogen and oxygen atoms in total. The lowest BCUT2D eigenvalue weighted by Crippen LogP contribution is -2.59. The molecule has 0 unspecified atom stereocenters. The number of carbonyl (C=O) groups is 2. The van der Waals surface area contributed by atoms with Gasteiger partial charge in [-0.3, -0.25) is 14.2 Å². The molecule has 2 aliphatic rings. The molecule has 0 saturated carbocycles. The number of carbonyl (C=O) groups excluding carboxylic acids is 2. The molecule has 2 aromatic carbocycles. The number of nitrogens with two attached hydrogens (primary N) is 1. The standard InChI is InChI=1S/C33H39F2N5O6/c1-32(2,3)46-31(43)39-15-13-24(25(17-39)21-7-5-4-6-8-21)29(41)38-16-14-33(44,26(35)18-38)19-40-20-37-28(27(36)30(40)42)45-23-11-9-22(34)10-12-23/h4-12,20,24-26,44H,13-19,36H2,1-3H3/t24-,25+,26+,33+/m1/s1. The molecule has 2 saturated heterocycles. The number of ether oxygens (including phenoxy) is 2. The van der Waals surface area contributed by atoms with Crippen molar-refractivity contribution in [3.8, 4) is 11.6 Å². The number of alkyl halides is 1. The average molecular weight is 640 g/mol. The minimum absolute atomic E-state index is 0.0625. The Kier molecular flexibility index (Phi) is 9.34. The molecule has 4 atom stereocenters. The van der Waals surface area contributed by atoms with Crippen LogP contribution >= 0.6 is 0 Å². The van der Waals surface area contributed by atoms with Crippen molar-refractivity contribution in [3.63, 3.8) is 0 Å². The number of piperidine rings is 2. The SMILES string of the molecule is CC(C)(C)OC(=O)N1CC[C@@H](C(=O)N2CC[C@](O)(Cn3cnc(Oc4ccc(F)cc4)c(N)c3=O)[C@@H](F)C2)[C@H](c2ccccc2)C1. The van der Waals surface area contributed by atoms with Crippen LogP contribution in [0.15, 0.2) is 65.7 Å². The van der Waals surface area contributed by atoms with E-state index in [1.165, 1.54) is 29.2 Å². The van der Waals surface area contributed by atoms with E-state index in [1.807, 2.05) is 30.3 Å². The van der Waals surface area contributed by atoms with Crippen LogP contribution < -0.4 is 16.0 Å². The van der Waals surface area contributed by atoms with Crippen molar-refractivity contribution < 1.29 is 33.0 Å². The molecule has 2 fully saturated rings. The molecule has 0 radical (unpaired) electrons. The first-order chi connectivity index (χ1) is 21.7. The summed E-state index contributed by atoms with van der Waals surface area (Å²) in [7, 11) is 0. The number of likely N-dealkylation sites (tertiary alicyclic amines) is 2. The molecular formula is C33H39F2N5O6. The van der Waals surface area contributed by atoms with Gasteiger partial charge in [-0.25, -0.2) is 18.6 Å². The summed E-state index contributed by atoms with van der Waals surface area (Å²) in [6.45, 7) is 5.21. The number of hydrogen-bond donors (Lipinski definition) is 2. The molecule has 46 heavy (non-hydrogen) atoms. The molecule has 0 bridgehead atoms. The van der Waals surface area contributed by atoms with Gasteiger partial charge in [0, 0.05) is 31.5 Å². The monoisotopic (exact) mass is 639 g/mol. The van der Waals surface area contributed by atoms with Gasteiger partial charge < -0.3 is 30.1 Å². The molecule has 0 aliphatic carbocycles. The maximum Gasteiger partial charge on any atom is 0.410 e. The van der Waals surface area contributed by atoms with E-state index in [4.69, 9.17) is 15.2 Å². The van der Waals surface area contributed by atoms with Crippen molar-refractivity contribution >= 4 is 17.7 Å². The second kappa shape index (κ2) is 13.1. The fourth-order valence-corrected chi connectivity index (χ4v) is 5.92. The normalized spacial score (nSPS) is 23.6. The van der Waals surface area contributed by atoms with E-state index in [2.05, 4.69) is 4.98 Å². The van der Waals surface area contributed by atoms with Crippen molar-refractivity contribution in [2.45, 2.75) is 63.4 Å². The van der Waals surface area contributed by atoms with Crippen LogP contribution in [-0.4, -0.2) is 80.0 Å². The van der Waals surface area contributed by atoms with Crippen LogP contribution in [0.2, 0.25) is 0 Å². The van der Waals surface area contributed by atoms with Crippen molar-refractivity contribution in [2.24, 2.45) is 5.92 Å². The van der Waals surface area contributed by atoms with E-state index in [9.17, 15) is 23.9 Å². The quantitative estimate of drug-likeness (QED) is 0.411. The number of halogens is 2. The number of benzene rings is 2. The Hall–Kier alpha value is -4.52. The Morgan fingerprint density at radius 2 is 1.76 bits per heavy atom. The Morgan fingerprint density at radius 1 is 1.07 bits per heavy atom. The Labute approximate surface area is 265 Å². The van der Waals surface area contributed by atoms with Crippen LogP contribution in [0.5, 0.6) is 11.6 Å². The van der Waals surface area contributed by atoms with Crippen LogP contribution in [0.3, 0.4) is 0 Å². The minimum Gasteiger partial charge on any atom is -0.444 e. The molecule has 0 spiro atoms. The average Bonchev–Trinajstić information content (AvgIpc) is 3.02. The first-order valence-corrected chi connectivity index (χ1v) is 15.2. The van der Waals surface area contributed by atoms with Gasteiger partial charge in [-0.2, -0.15) is 0 Å². The van der Waals surface area contributed by atoms with Gasteiger partial charge in [-0.15, -0.1) is 0 Å². The Balaban J connectivity index is 1.27. The largest absolute Gasteiger partial charge is 0.444 e. The highest BCUT2D eigenvalue weighted by molar-refractivity contribution is 5.81. The van der Waals surface area contributed by atoms with Gasteiger partial charge in [-0.1, -0.05) is 30.3 Å². The van der Waals surface area contributed by atoms with Gasteiger partial charge in [0.1, 0.15) is 35.3 Å². The van der Waals surface area contributed by atoms with Crippen LogP contribution in [0, 0.1) is 11.7 Å². The van der Waals surface area contributed by atoms with Crippen LogP contribution in [0.1, 0.15) is 45.1 Å². The lowest BCUT2D eigenvalue weighted by Gasteiger charge is -2.44. The van der Waals surface area contributed by atoms with Gasteiger partial charge in [-0.05, 0) is 63.4 Å². The molecule has 2 amide bonds. The summed E-state index contributed by atoms with van der Waals surface area (Å²) < 4.78 is 41.0. The highest BCUT2D eigenvalue weighted by atomic mass is 19.1. The maximum atomic E-state index is 15.7. The predicted molar refractivity (Wildman–Crippen MR) is 166 cm³/mol. The van der Waals surface area contributed by atoms with E-state index in [0.29, 0.717) is 13.0 Å². The summed E-state index contributed by atoms with van der Waals surface area (Å²) in [5, 5.41) is 11.3. The molecular weight excluding hydrogens is 600 g/mol. The predicted octanol–water partition coefficient (Wildman–Crippen LogP) is 4.10. The van der Waals surface area contributed by atoms with E-state index in [1.54, 1.807) is 25.7 Å². The third-order valence-electron chi connectivity index (χ3n) is 8.41. The number of anilines is 1. The molecule has 246 valence electrons. The topological polar surface area (TPSA) is 140 Å². The molecule has 3 aromatic rings.